The predicted octanol–water partition coefficient (Wildman–Crippen LogP) is 2.21. The van der Waals surface area contributed by atoms with Crippen molar-refractivity contribution in [3.8, 4) is 11.3 Å². The maximum absolute atomic E-state index is 12.0. The van der Waals surface area contributed by atoms with Crippen LogP contribution in [0.1, 0.15) is 12.5 Å². The molecule has 0 unspecified atom stereocenters. The molecule has 1 amide bonds. The molecule has 0 atom stereocenters. The number of aromatic nitrogens is 1. The molecule has 1 fully saturated rings. The van der Waals surface area contributed by atoms with Crippen LogP contribution in [0.25, 0.3) is 11.3 Å². The molecule has 1 aliphatic rings. The third-order valence-electron chi connectivity index (χ3n) is 5.30. The van der Waals surface area contributed by atoms with Gasteiger partial charge in [-0.25, -0.2) is 4.99 Å². The van der Waals surface area contributed by atoms with Crippen LogP contribution < -0.4 is 10.6 Å². The number of pyridine rings is 1. The van der Waals surface area contributed by atoms with Gasteiger partial charge in [0.25, 0.3) is 0 Å². The number of carbonyl (C=O) groups excluding carboxylic acids is 1. The zero-order valence-corrected chi connectivity index (χ0v) is 21.8. The number of carbonyl (C=O) groups is 1. The number of rotatable bonds is 9. The SMILES string of the molecule is CCNC(=NCc1cccc(-c2ccccn2)c1)N1CCN(CC(=O)NCCOC)CC1.I. The molecule has 1 aromatic heterocycles. The largest absolute Gasteiger partial charge is 0.383 e. The summed E-state index contributed by atoms with van der Waals surface area (Å²) < 4.78 is 4.97. The van der Waals surface area contributed by atoms with E-state index in [0.717, 1.165) is 55.5 Å². The van der Waals surface area contributed by atoms with Gasteiger partial charge in [-0.15, -0.1) is 24.0 Å². The topological polar surface area (TPSA) is 82.1 Å². The fourth-order valence-corrected chi connectivity index (χ4v) is 3.62. The molecule has 1 aliphatic heterocycles. The van der Waals surface area contributed by atoms with Crippen LogP contribution in [0.5, 0.6) is 0 Å². The number of nitrogens with one attached hydrogen (secondary N) is 2. The lowest BCUT2D eigenvalue weighted by Gasteiger charge is -2.36. The van der Waals surface area contributed by atoms with Crippen molar-refractivity contribution in [1.29, 1.82) is 0 Å². The van der Waals surface area contributed by atoms with E-state index in [4.69, 9.17) is 9.73 Å². The summed E-state index contributed by atoms with van der Waals surface area (Å²) in [7, 11) is 1.63. The third-order valence-corrected chi connectivity index (χ3v) is 5.30. The molecule has 1 aromatic carbocycles. The van der Waals surface area contributed by atoms with E-state index in [1.165, 1.54) is 0 Å². The van der Waals surface area contributed by atoms with E-state index < -0.39 is 0 Å². The third kappa shape index (κ3) is 8.90. The van der Waals surface area contributed by atoms with E-state index in [9.17, 15) is 4.79 Å². The molecular formula is C24H35IN6O2. The standard InChI is InChI=1S/C24H34N6O2.HI/c1-3-25-24(30-14-12-29(13-15-30)19-23(31)27-11-16-32-2)28-18-20-7-6-8-21(17-20)22-9-4-5-10-26-22;/h4-10,17H,3,11-16,18-19H2,1-2H3,(H,25,28)(H,27,31);1H. The van der Waals surface area contributed by atoms with Crippen molar-refractivity contribution in [3.05, 3.63) is 54.2 Å². The van der Waals surface area contributed by atoms with Crippen LogP contribution in [0, 0.1) is 0 Å². The summed E-state index contributed by atoms with van der Waals surface area (Å²) in [4.78, 5) is 25.8. The molecule has 3 rings (SSSR count). The minimum atomic E-state index is 0. The highest BCUT2D eigenvalue weighted by Crippen LogP contribution is 2.18. The number of piperazine rings is 1. The number of guanidine groups is 1. The Balaban J connectivity index is 0.00000385. The number of methoxy groups -OCH3 is 1. The Morgan fingerprint density at radius 3 is 2.64 bits per heavy atom. The zero-order valence-electron chi connectivity index (χ0n) is 19.5. The Hall–Kier alpha value is -2.24. The number of aliphatic imine (C=N–C) groups is 1. The molecular weight excluding hydrogens is 531 g/mol. The van der Waals surface area contributed by atoms with Gasteiger partial charge in [-0.1, -0.05) is 24.3 Å². The quantitative estimate of drug-likeness (QED) is 0.210. The van der Waals surface area contributed by atoms with E-state index in [2.05, 4.69) is 56.6 Å². The monoisotopic (exact) mass is 566 g/mol. The number of hydrogen-bond donors (Lipinski definition) is 2. The van der Waals surface area contributed by atoms with E-state index in [-0.39, 0.29) is 29.9 Å². The summed E-state index contributed by atoms with van der Waals surface area (Å²) in [5.41, 5.74) is 3.21. The minimum Gasteiger partial charge on any atom is -0.383 e. The van der Waals surface area contributed by atoms with Gasteiger partial charge in [0, 0.05) is 58.1 Å². The number of benzene rings is 1. The van der Waals surface area contributed by atoms with Crippen LogP contribution in [0.15, 0.2) is 53.7 Å². The second-order valence-electron chi connectivity index (χ2n) is 7.69. The molecule has 1 saturated heterocycles. The van der Waals surface area contributed by atoms with Gasteiger partial charge in [0.2, 0.25) is 5.91 Å². The molecule has 0 radical (unpaired) electrons. The van der Waals surface area contributed by atoms with Crippen LogP contribution >= 0.6 is 24.0 Å². The van der Waals surface area contributed by atoms with Gasteiger partial charge >= 0.3 is 0 Å². The summed E-state index contributed by atoms with van der Waals surface area (Å²) in [6, 6.07) is 14.3. The van der Waals surface area contributed by atoms with E-state index in [1.54, 1.807) is 7.11 Å². The van der Waals surface area contributed by atoms with Crippen molar-refractivity contribution >= 4 is 35.8 Å². The van der Waals surface area contributed by atoms with Gasteiger partial charge in [0.1, 0.15) is 0 Å². The Bertz CT molecular complexity index is 872. The van der Waals surface area contributed by atoms with E-state index in [0.29, 0.717) is 26.2 Å². The molecule has 2 heterocycles. The minimum absolute atomic E-state index is 0. The van der Waals surface area contributed by atoms with Gasteiger partial charge in [-0.2, -0.15) is 0 Å². The second kappa shape index (κ2) is 14.8. The number of hydrogen-bond acceptors (Lipinski definition) is 5. The van der Waals surface area contributed by atoms with E-state index in [1.807, 2.05) is 24.4 Å². The van der Waals surface area contributed by atoms with Crippen molar-refractivity contribution in [2.75, 3.05) is 59.5 Å². The van der Waals surface area contributed by atoms with Crippen LogP contribution in [0.2, 0.25) is 0 Å². The number of ether oxygens (including phenoxy) is 1. The van der Waals surface area contributed by atoms with Gasteiger partial charge < -0.3 is 20.3 Å². The molecule has 2 aromatic rings. The second-order valence-corrected chi connectivity index (χ2v) is 7.69. The Labute approximate surface area is 213 Å². The van der Waals surface area contributed by atoms with Crippen LogP contribution in [0.4, 0.5) is 0 Å². The van der Waals surface area contributed by atoms with Crippen molar-refractivity contribution < 1.29 is 9.53 Å². The first-order valence-electron chi connectivity index (χ1n) is 11.2. The highest BCUT2D eigenvalue weighted by atomic mass is 127. The molecule has 33 heavy (non-hydrogen) atoms. The van der Waals surface area contributed by atoms with Crippen LogP contribution in [0.3, 0.4) is 0 Å². The summed E-state index contributed by atoms with van der Waals surface area (Å²) in [5, 5.41) is 6.29. The maximum Gasteiger partial charge on any atom is 0.234 e. The first kappa shape index (κ1) is 27.0. The smallest absolute Gasteiger partial charge is 0.234 e. The summed E-state index contributed by atoms with van der Waals surface area (Å²) in [6.07, 6.45) is 1.81. The molecule has 0 saturated carbocycles. The van der Waals surface area contributed by atoms with Crippen LogP contribution in [-0.2, 0) is 16.1 Å². The van der Waals surface area contributed by atoms with Crippen LogP contribution in [-0.4, -0.2) is 86.2 Å². The lowest BCUT2D eigenvalue weighted by molar-refractivity contribution is -0.122. The Morgan fingerprint density at radius 1 is 1.12 bits per heavy atom. The zero-order chi connectivity index (χ0) is 22.6. The number of amides is 1. The lowest BCUT2D eigenvalue weighted by atomic mass is 10.1. The predicted molar refractivity (Wildman–Crippen MR) is 143 cm³/mol. The van der Waals surface area contributed by atoms with Gasteiger partial charge in [0.15, 0.2) is 5.96 Å². The maximum atomic E-state index is 12.0. The van der Waals surface area contributed by atoms with Gasteiger partial charge in [-0.3, -0.25) is 14.7 Å². The lowest BCUT2D eigenvalue weighted by Crippen LogP contribution is -2.54. The fraction of sp³-hybridized carbons (Fsp3) is 0.458. The summed E-state index contributed by atoms with van der Waals surface area (Å²) >= 11 is 0. The van der Waals surface area contributed by atoms with Crippen molar-refractivity contribution in [2.24, 2.45) is 4.99 Å². The Kier molecular flexibility index (Phi) is 12.1. The summed E-state index contributed by atoms with van der Waals surface area (Å²) in [5.74, 6) is 0.962. The normalized spacial score (nSPS) is 14.5. The van der Waals surface area contributed by atoms with Crippen molar-refractivity contribution in [3.63, 3.8) is 0 Å². The Morgan fingerprint density at radius 2 is 1.94 bits per heavy atom. The van der Waals surface area contributed by atoms with E-state index >= 15 is 0 Å². The van der Waals surface area contributed by atoms with Gasteiger partial charge in [0.05, 0.1) is 25.4 Å². The molecule has 180 valence electrons. The fourth-order valence-electron chi connectivity index (χ4n) is 3.62. The first-order chi connectivity index (χ1) is 15.7. The molecule has 9 heteroatoms. The summed E-state index contributed by atoms with van der Waals surface area (Å²) in [6.45, 7) is 8.34. The number of halogens is 1. The highest BCUT2D eigenvalue weighted by Gasteiger charge is 2.21. The molecule has 0 spiro atoms. The van der Waals surface area contributed by atoms with Gasteiger partial charge in [-0.05, 0) is 30.7 Å². The average Bonchev–Trinajstić information content (AvgIpc) is 2.83. The highest BCUT2D eigenvalue weighted by molar-refractivity contribution is 14.0. The van der Waals surface area contributed by atoms with Crippen molar-refractivity contribution in [2.45, 2.75) is 13.5 Å². The molecule has 0 bridgehead atoms. The first-order valence-corrected chi connectivity index (χ1v) is 11.2. The molecule has 0 aliphatic carbocycles. The van der Waals surface area contributed by atoms with Crippen molar-refractivity contribution in [1.82, 2.24) is 25.4 Å². The molecule has 2 N–H and O–H groups in total. The molecule has 8 nitrogen and oxygen atoms in total. The average molecular weight is 566 g/mol. The number of nitrogens with zero attached hydrogens (tertiary/aromatic N) is 4.